The molecule has 6 nitrogen and oxygen atoms in total. The van der Waals surface area contributed by atoms with Crippen LogP contribution in [-0.2, 0) is 20.0 Å². The third kappa shape index (κ3) is 5.00. The first-order valence-electron chi connectivity index (χ1n) is 5.88. The molecular formula is C11H16Cl2N2O4S2. The maximum absolute atomic E-state index is 12.0. The molecule has 0 aliphatic rings. The van der Waals surface area contributed by atoms with Gasteiger partial charge < -0.3 is 0 Å². The lowest BCUT2D eigenvalue weighted by atomic mass is 10.3. The van der Waals surface area contributed by atoms with E-state index in [-0.39, 0.29) is 33.7 Å². The lowest BCUT2D eigenvalue weighted by Crippen LogP contribution is -2.23. The van der Waals surface area contributed by atoms with E-state index >= 15 is 0 Å². The molecule has 1 aromatic carbocycles. The van der Waals surface area contributed by atoms with Crippen molar-refractivity contribution in [2.45, 2.75) is 11.3 Å². The zero-order valence-corrected chi connectivity index (χ0v) is 14.7. The Morgan fingerprint density at radius 1 is 1.19 bits per heavy atom. The van der Waals surface area contributed by atoms with E-state index < -0.39 is 20.0 Å². The van der Waals surface area contributed by atoms with Gasteiger partial charge in [-0.3, -0.25) is 4.72 Å². The van der Waals surface area contributed by atoms with E-state index in [9.17, 15) is 16.8 Å². The highest BCUT2D eigenvalue weighted by atomic mass is 35.5. The van der Waals surface area contributed by atoms with Crippen LogP contribution in [0.15, 0.2) is 23.1 Å². The molecule has 0 spiro atoms. The van der Waals surface area contributed by atoms with Crippen LogP contribution in [0.4, 0.5) is 5.69 Å². The maximum atomic E-state index is 12.0. The van der Waals surface area contributed by atoms with Crippen LogP contribution in [0.5, 0.6) is 0 Å². The topological polar surface area (TPSA) is 83.6 Å². The number of halogens is 2. The van der Waals surface area contributed by atoms with E-state index in [1.165, 1.54) is 32.3 Å². The first-order valence-corrected chi connectivity index (χ1v) is 9.89. The van der Waals surface area contributed by atoms with Gasteiger partial charge in [0.25, 0.3) is 0 Å². The Labute approximate surface area is 135 Å². The molecule has 0 amide bonds. The summed E-state index contributed by atoms with van der Waals surface area (Å²) in [4.78, 5) is -0.0491. The van der Waals surface area contributed by atoms with Crippen LogP contribution < -0.4 is 4.72 Å². The summed E-state index contributed by atoms with van der Waals surface area (Å²) in [6, 6.07) is 3.83. The Morgan fingerprint density at radius 3 is 2.33 bits per heavy atom. The molecule has 0 saturated heterocycles. The van der Waals surface area contributed by atoms with E-state index in [0.29, 0.717) is 0 Å². The molecule has 0 bridgehead atoms. The number of benzene rings is 1. The monoisotopic (exact) mass is 374 g/mol. The van der Waals surface area contributed by atoms with Crippen molar-refractivity contribution in [3.05, 3.63) is 23.2 Å². The predicted octanol–water partition coefficient (Wildman–Crippen LogP) is 1.96. The molecule has 10 heteroatoms. The molecule has 0 aromatic heterocycles. The molecule has 1 N–H and O–H groups in total. The molecule has 0 fully saturated rings. The first kappa shape index (κ1) is 18.5. The number of sulfonamides is 2. The van der Waals surface area contributed by atoms with Crippen LogP contribution in [-0.4, -0.2) is 46.9 Å². The fourth-order valence-electron chi connectivity index (χ4n) is 1.42. The van der Waals surface area contributed by atoms with E-state index in [2.05, 4.69) is 4.72 Å². The van der Waals surface area contributed by atoms with E-state index in [1.54, 1.807) is 0 Å². The summed E-state index contributed by atoms with van der Waals surface area (Å²) in [5.74, 6) is 0.0428. The minimum absolute atomic E-state index is 0.0224. The van der Waals surface area contributed by atoms with Crippen molar-refractivity contribution < 1.29 is 16.8 Å². The van der Waals surface area contributed by atoms with Crippen LogP contribution in [0.2, 0.25) is 5.02 Å². The Kier molecular flexibility index (Phi) is 6.30. The van der Waals surface area contributed by atoms with Gasteiger partial charge in [-0.1, -0.05) is 11.6 Å². The van der Waals surface area contributed by atoms with Crippen molar-refractivity contribution in [2.24, 2.45) is 0 Å². The van der Waals surface area contributed by atoms with Gasteiger partial charge in [-0.15, -0.1) is 11.6 Å². The molecule has 0 heterocycles. The van der Waals surface area contributed by atoms with Gasteiger partial charge in [-0.2, -0.15) is 0 Å². The third-order valence-corrected chi connectivity index (χ3v) is 6.29. The summed E-state index contributed by atoms with van der Waals surface area (Å²) < 4.78 is 51.0. The Bertz CT molecular complexity index is 703. The smallest absolute Gasteiger partial charge is 0.242 e. The molecule has 0 aliphatic carbocycles. The van der Waals surface area contributed by atoms with Crippen LogP contribution >= 0.6 is 23.2 Å². The summed E-state index contributed by atoms with van der Waals surface area (Å²) in [5, 5.41) is 0.113. The Morgan fingerprint density at radius 2 is 1.81 bits per heavy atom. The molecule has 120 valence electrons. The van der Waals surface area contributed by atoms with Crippen LogP contribution in [0.1, 0.15) is 6.42 Å². The molecule has 0 saturated carbocycles. The van der Waals surface area contributed by atoms with Gasteiger partial charge in [0.15, 0.2) is 0 Å². The van der Waals surface area contributed by atoms with E-state index in [4.69, 9.17) is 23.2 Å². The lowest BCUT2D eigenvalue weighted by molar-refractivity contribution is 0.521. The van der Waals surface area contributed by atoms with Gasteiger partial charge in [0, 0.05) is 20.0 Å². The number of hydrogen-bond acceptors (Lipinski definition) is 4. The van der Waals surface area contributed by atoms with Crippen molar-refractivity contribution >= 4 is 48.9 Å². The highest BCUT2D eigenvalue weighted by Gasteiger charge is 2.20. The van der Waals surface area contributed by atoms with Gasteiger partial charge in [-0.25, -0.2) is 21.1 Å². The SMILES string of the molecule is CN(C)S(=O)(=O)c1ccc(Cl)c(NS(=O)(=O)CCCCl)c1. The summed E-state index contributed by atoms with van der Waals surface area (Å²) in [5.41, 5.74) is 0.0224. The fraction of sp³-hybridized carbons (Fsp3) is 0.455. The Balaban J connectivity index is 3.16. The van der Waals surface area contributed by atoms with Gasteiger partial charge in [-0.05, 0) is 24.6 Å². The quantitative estimate of drug-likeness (QED) is 0.739. The normalized spacial score (nSPS) is 12.6. The molecule has 0 atom stereocenters. The Hall–Kier alpha value is -0.540. The molecule has 0 radical (unpaired) electrons. The minimum atomic E-state index is -3.67. The number of anilines is 1. The van der Waals surface area contributed by atoms with Gasteiger partial charge in [0.1, 0.15) is 0 Å². The van der Waals surface area contributed by atoms with Crippen molar-refractivity contribution in [2.75, 3.05) is 30.5 Å². The molecule has 1 aromatic rings. The first-order chi connectivity index (χ1) is 9.60. The summed E-state index contributed by atoms with van der Waals surface area (Å²) >= 11 is 11.4. The zero-order valence-electron chi connectivity index (χ0n) is 11.5. The minimum Gasteiger partial charge on any atom is -0.282 e. The summed E-state index contributed by atoms with van der Waals surface area (Å²) in [6.07, 6.45) is 0.282. The van der Waals surface area contributed by atoms with E-state index in [0.717, 1.165) is 4.31 Å². The van der Waals surface area contributed by atoms with Crippen molar-refractivity contribution in [3.63, 3.8) is 0 Å². The molecular weight excluding hydrogens is 359 g/mol. The van der Waals surface area contributed by atoms with Crippen LogP contribution in [0, 0.1) is 0 Å². The second kappa shape index (κ2) is 7.15. The predicted molar refractivity (Wildman–Crippen MR) is 85.1 cm³/mol. The van der Waals surface area contributed by atoms with E-state index in [1.807, 2.05) is 0 Å². The average Bonchev–Trinajstić information content (AvgIpc) is 2.38. The van der Waals surface area contributed by atoms with Gasteiger partial charge in [0.2, 0.25) is 20.0 Å². The lowest BCUT2D eigenvalue weighted by Gasteiger charge is -2.14. The maximum Gasteiger partial charge on any atom is 0.242 e. The molecule has 0 aliphatic heterocycles. The number of nitrogens with one attached hydrogen (secondary N) is 1. The summed E-state index contributed by atoms with van der Waals surface area (Å²) in [6.45, 7) is 0. The molecule has 1 rings (SSSR count). The number of hydrogen-bond donors (Lipinski definition) is 1. The number of alkyl halides is 1. The fourth-order valence-corrected chi connectivity index (χ4v) is 3.99. The standard InChI is InChI=1S/C11H16Cl2N2O4S2/c1-15(2)21(18,19)9-4-5-10(13)11(8-9)14-20(16,17)7-3-6-12/h4-5,8,14H,3,6-7H2,1-2H3. The van der Waals surface area contributed by atoms with Crippen molar-refractivity contribution in [1.82, 2.24) is 4.31 Å². The highest BCUT2D eigenvalue weighted by Crippen LogP contribution is 2.27. The summed E-state index contributed by atoms with van der Waals surface area (Å²) in [7, 11) is -4.53. The second-order valence-corrected chi connectivity index (χ2v) is 9.17. The van der Waals surface area contributed by atoms with Crippen LogP contribution in [0.25, 0.3) is 0 Å². The number of rotatable bonds is 7. The third-order valence-electron chi connectivity index (χ3n) is 2.53. The highest BCUT2D eigenvalue weighted by molar-refractivity contribution is 7.92. The molecule has 21 heavy (non-hydrogen) atoms. The van der Waals surface area contributed by atoms with Gasteiger partial charge in [0.05, 0.1) is 21.4 Å². The van der Waals surface area contributed by atoms with Crippen molar-refractivity contribution in [3.8, 4) is 0 Å². The second-order valence-electron chi connectivity index (χ2n) is 4.39. The van der Waals surface area contributed by atoms with Crippen molar-refractivity contribution in [1.29, 1.82) is 0 Å². The molecule has 0 unspecified atom stereocenters. The zero-order chi connectivity index (χ0) is 16.3. The van der Waals surface area contributed by atoms with Gasteiger partial charge >= 0.3 is 0 Å². The largest absolute Gasteiger partial charge is 0.282 e. The van der Waals surface area contributed by atoms with Crippen LogP contribution in [0.3, 0.4) is 0 Å². The number of nitrogens with zero attached hydrogens (tertiary/aromatic N) is 1. The average molecular weight is 375 g/mol.